The number of carbonyl (C=O) groups excluding carboxylic acids is 1. The molecule has 25 heavy (non-hydrogen) atoms. The topological polar surface area (TPSA) is 61.5 Å². The molecule has 0 radical (unpaired) electrons. The molecule has 134 valence electrons. The van der Waals surface area contributed by atoms with Gasteiger partial charge in [0.25, 0.3) is 5.91 Å². The summed E-state index contributed by atoms with van der Waals surface area (Å²) in [5, 5.41) is 6.66. The minimum absolute atomic E-state index is 0. The number of aromatic nitrogens is 2. The van der Waals surface area contributed by atoms with Crippen LogP contribution < -0.4 is 4.74 Å². The number of methoxy groups -OCH3 is 1. The third-order valence-corrected chi connectivity index (χ3v) is 5.37. The number of carbonyl (C=O) groups is 1. The second kappa shape index (κ2) is 7.06. The van der Waals surface area contributed by atoms with Gasteiger partial charge in [0.1, 0.15) is 11.4 Å². The van der Waals surface area contributed by atoms with Crippen molar-refractivity contribution in [2.24, 2.45) is 11.8 Å². The minimum Gasteiger partial charge on any atom is -0.497 e. The van der Waals surface area contributed by atoms with Crippen LogP contribution in [0.5, 0.6) is 5.75 Å². The Morgan fingerprint density at radius 2 is 1.96 bits per heavy atom. The summed E-state index contributed by atoms with van der Waals surface area (Å²) in [7, 11) is 3.86. The van der Waals surface area contributed by atoms with Gasteiger partial charge in [-0.1, -0.05) is 12.1 Å². The number of hydrogen-bond acceptors (Lipinski definition) is 4. The van der Waals surface area contributed by atoms with Crippen molar-refractivity contribution >= 4 is 18.3 Å². The Morgan fingerprint density at radius 3 is 2.60 bits per heavy atom. The summed E-state index contributed by atoms with van der Waals surface area (Å²) in [6.07, 6.45) is 1.62. The molecule has 1 N–H and O–H groups in total. The third kappa shape index (κ3) is 3.12. The maximum absolute atomic E-state index is 12.6. The lowest BCUT2D eigenvalue weighted by atomic mass is 9.89. The molecule has 3 heterocycles. The molecule has 2 aliphatic heterocycles. The SMILES string of the molecule is COc1ccc([C@H]2[C@@H]3CN(C(=O)c4ccn[nH]4)C[C@@H]3CN2C)cc1.Cl. The van der Waals surface area contributed by atoms with Crippen LogP contribution in [0.2, 0.25) is 0 Å². The number of hydrogen-bond donors (Lipinski definition) is 1. The fourth-order valence-electron chi connectivity index (χ4n) is 4.27. The monoisotopic (exact) mass is 362 g/mol. The normalized spacial score (nSPS) is 25.5. The molecule has 1 aromatic carbocycles. The average molecular weight is 363 g/mol. The van der Waals surface area contributed by atoms with Gasteiger partial charge < -0.3 is 9.64 Å². The summed E-state index contributed by atoms with van der Waals surface area (Å²) < 4.78 is 5.26. The minimum atomic E-state index is 0. The second-order valence-corrected chi connectivity index (χ2v) is 6.76. The lowest BCUT2D eigenvalue weighted by molar-refractivity contribution is 0.0762. The molecule has 2 aromatic rings. The van der Waals surface area contributed by atoms with Crippen molar-refractivity contribution in [1.82, 2.24) is 20.0 Å². The molecule has 7 heteroatoms. The highest BCUT2D eigenvalue weighted by Crippen LogP contribution is 2.44. The smallest absolute Gasteiger partial charge is 0.271 e. The summed E-state index contributed by atoms with van der Waals surface area (Å²) >= 11 is 0. The molecule has 3 atom stereocenters. The molecule has 2 aliphatic rings. The standard InChI is InChI=1S/C18H22N4O2.ClH/c1-21-9-13-10-22(18(23)16-7-8-19-20-16)11-15(13)17(21)12-3-5-14(24-2)6-4-12;/h3-8,13,15,17H,9-11H2,1-2H3,(H,19,20);1H/t13-,15+,17-;/m0./s1. The molecule has 1 aromatic heterocycles. The molecule has 1 amide bonds. The Hall–Kier alpha value is -2.05. The van der Waals surface area contributed by atoms with E-state index in [1.54, 1.807) is 19.4 Å². The fraction of sp³-hybridized carbons (Fsp3) is 0.444. The molecular formula is C18H23ClN4O2. The van der Waals surface area contributed by atoms with E-state index < -0.39 is 0 Å². The van der Waals surface area contributed by atoms with E-state index in [2.05, 4.69) is 34.3 Å². The molecule has 4 rings (SSSR count). The van der Waals surface area contributed by atoms with Gasteiger partial charge in [-0.3, -0.25) is 14.8 Å². The van der Waals surface area contributed by atoms with E-state index in [-0.39, 0.29) is 18.3 Å². The van der Waals surface area contributed by atoms with Gasteiger partial charge in [-0.2, -0.15) is 5.10 Å². The lowest BCUT2D eigenvalue weighted by Crippen LogP contribution is -2.33. The first-order valence-corrected chi connectivity index (χ1v) is 8.30. The lowest BCUT2D eigenvalue weighted by Gasteiger charge is -2.26. The molecule has 2 fully saturated rings. The van der Waals surface area contributed by atoms with Crippen LogP contribution >= 0.6 is 12.4 Å². The Bertz CT molecular complexity index is 719. The number of halogens is 1. The molecule has 0 aliphatic carbocycles. The van der Waals surface area contributed by atoms with E-state index in [4.69, 9.17) is 4.74 Å². The van der Waals surface area contributed by atoms with E-state index in [1.165, 1.54) is 5.56 Å². The number of benzene rings is 1. The van der Waals surface area contributed by atoms with Gasteiger partial charge in [-0.25, -0.2) is 0 Å². The van der Waals surface area contributed by atoms with Crippen molar-refractivity contribution < 1.29 is 9.53 Å². The molecule has 0 saturated carbocycles. The van der Waals surface area contributed by atoms with Gasteiger partial charge in [0.2, 0.25) is 0 Å². The predicted octanol–water partition coefficient (Wildman–Crippen LogP) is 2.22. The van der Waals surface area contributed by atoms with Gasteiger partial charge in [0.05, 0.1) is 7.11 Å². The van der Waals surface area contributed by atoms with Crippen LogP contribution in [0.15, 0.2) is 36.5 Å². The van der Waals surface area contributed by atoms with Gasteiger partial charge >= 0.3 is 0 Å². The Kier molecular flexibility index (Phi) is 5.01. The Morgan fingerprint density at radius 1 is 1.20 bits per heavy atom. The molecule has 0 spiro atoms. The Balaban J connectivity index is 0.00000182. The zero-order valence-corrected chi connectivity index (χ0v) is 15.2. The largest absolute Gasteiger partial charge is 0.497 e. The Labute approximate surface area is 153 Å². The van der Waals surface area contributed by atoms with Crippen molar-refractivity contribution in [3.8, 4) is 5.75 Å². The summed E-state index contributed by atoms with van der Waals surface area (Å²) in [6.45, 7) is 2.64. The zero-order valence-electron chi connectivity index (χ0n) is 14.4. The second-order valence-electron chi connectivity index (χ2n) is 6.76. The first-order valence-electron chi connectivity index (χ1n) is 8.30. The van der Waals surface area contributed by atoms with Crippen LogP contribution in [0.1, 0.15) is 22.1 Å². The first-order chi connectivity index (χ1) is 11.7. The molecule has 6 nitrogen and oxygen atoms in total. The number of nitrogens with zero attached hydrogens (tertiary/aromatic N) is 3. The number of nitrogens with one attached hydrogen (secondary N) is 1. The van der Waals surface area contributed by atoms with Crippen LogP contribution in [0, 0.1) is 11.8 Å². The van der Waals surface area contributed by atoms with Gasteiger partial charge in [-0.15, -0.1) is 12.4 Å². The predicted molar refractivity (Wildman–Crippen MR) is 97.1 cm³/mol. The van der Waals surface area contributed by atoms with E-state index in [0.29, 0.717) is 23.6 Å². The molecule has 0 bridgehead atoms. The van der Waals surface area contributed by atoms with Gasteiger partial charge in [0, 0.05) is 37.8 Å². The summed E-state index contributed by atoms with van der Waals surface area (Å²) in [6, 6.07) is 10.4. The van der Waals surface area contributed by atoms with Crippen LogP contribution in [0.25, 0.3) is 0 Å². The van der Waals surface area contributed by atoms with Crippen molar-refractivity contribution in [2.75, 3.05) is 33.8 Å². The highest BCUT2D eigenvalue weighted by Gasteiger charge is 2.47. The molecular weight excluding hydrogens is 340 g/mol. The highest BCUT2D eigenvalue weighted by molar-refractivity contribution is 5.92. The van der Waals surface area contributed by atoms with Gasteiger partial charge in [0.15, 0.2) is 0 Å². The number of H-pyrrole nitrogens is 1. The van der Waals surface area contributed by atoms with E-state index >= 15 is 0 Å². The quantitative estimate of drug-likeness (QED) is 0.909. The third-order valence-electron chi connectivity index (χ3n) is 5.37. The molecule has 2 saturated heterocycles. The van der Waals surface area contributed by atoms with Crippen LogP contribution in [0.4, 0.5) is 0 Å². The zero-order chi connectivity index (χ0) is 16.7. The van der Waals surface area contributed by atoms with Crippen molar-refractivity contribution in [1.29, 1.82) is 0 Å². The summed E-state index contributed by atoms with van der Waals surface area (Å²) in [4.78, 5) is 16.9. The number of likely N-dealkylation sites (tertiary alicyclic amines) is 2. The van der Waals surface area contributed by atoms with Crippen LogP contribution in [-0.2, 0) is 0 Å². The van der Waals surface area contributed by atoms with Crippen molar-refractivity contribution in [2.45, 2.75) is 6.04 Å². The van der Waals surface area contributed by atoms with E-state index in [0.717, 1.165) is 25.4 Å². The van der Waals surface area contributed by atoms with Crippen molar-refractivity contribution in [3.05, 3.63) is 47.8 Å². The number of amides is 1. The maximum atomic E-state index is 12.6. The number of aromatic amines is 1. The van der Waals surface area contributed by atoms with Crippen molar-refractivity contribution in [3.63, 3.8) is 0 Å². The van der Waals surface area contributed by atoms with E-state index in [1.807, 2.05) is 17.0 Å². The average Bonchev–Trinajstić information content (AvgIpc) is 3.30. The number of fused-ring (bicyclic) bond motifs is 1. The number of rotatable bonds is 3. The van der Waals surface area contributed by atoms with Crippen LogP contribution in [0.3, 0.4) is 0 Å². The van der Waals surface area contributed by atoms with Gasteiger partial charge in [-0.05, 0) is 36.7 Å². The van der Waals surface area contributed by atoms with Crippen LogP contribution in [-0.4, -0.2) is 59.7 Å². The molecule has 0 unspecified atom stereocenters. The fourth-order valence-corrected chi connectivity index (χ4v) is 4.27. The number of ether oxygens (including phenoxy) is 1. The summed E-state index contributed by atoms with van der Waals surface area (Å²) in [5.74, 6) is 1.92. The highest BCUT2D eigenvalue weighted by atomic mass is 35.5. The van der Waals surface area contributed by atoms with E-state index in [9.17, 15) is 4.79 Å². The summed E-state index contributed by atoms with van der Waals surface area (Å²) in [5.41, 5.74) is 1.87. The first kappa shape index (κ1) is 17.8. The maximum Gasteiger partial charge on any atom is 0.271 e.